The fourth-order valence-electron chi connectivity index (χ4n) is 3.00. The Morgan fingerprint density at radius 3 is 2.48 bits per heavy atom. The molecular formula is C17H14N2O2. The van der Waals surface area contributed by atoms with Gasteiger partial charge in [-0.3, -0.25) is 9.36 Å². The van der Waals surface area contributed by atoms with Crippen molar-refractivity contribution in [2.45, 2.75) is 18.4 Å². The minimum atomic E-state index is -0.317. The Bertz CT molecular complexity index is 925. The zero-order chi connectivity index (χ0) is 14.4. The summed E-state index contributed by atoms with van der Waals surface area (Å²) in [6.07, 6.45) is 0.839. The molecule has 2 aromatic carbocycles. The molecule has 4 heteroatoms. The third-order valence-electron chi connectivity index (χ3n) is 4.15. The number of fused-ring (bicyclic) bond motifs is 1. The van der Waals surface area contributed by atoms with Gasteiger partial charge in [-0.15, -0.1) is 0 Å². The molecular weight excluding hydrogens is 264 g/mol. The second kappa shape index (κ2) is 4.45. The van der Waals surface area contributed by atoms with Crippen molar-refractivity contribution in [3.63, 3.8) is 0 Å². The van der Waals surface area contributed by atoms with Gasteiger partial charge in [0.2, 0.25) is 0 Å². The summed E-state index contributed by atoms with van der Waals surface area (Å²) in [5.41, 5.74) is 1.27. The van der Waals surface area contributed by atoms with Crippen molar-refractivity contribution in [1.29, 1.82) is 0 Å². The van der Waals surface area contributed by atoms with Gasteiger partial charge in [0.1, 0.15) is 0 Å². The van der Waals surface area contributed by atoms with Crippen LogP contribution in [-0.2, 0) is 0 Å². The molecule has 1 saturated carbocycles. The molecule has 3 aromatic rings. The molecule has 1 aromatic heterocycles. The van der Waals surface area contributed by atoms with Crippen molar-refractivity contribution in [1.82, 2.24) is 9.55 Å². The average Bonchev–Trinajstić information content (AvgIpc) is 3.28. The molecule has 1 fully saturated rings. The minimum absolute atomic E-state index is 0.0340. The van der Waals surface area contributed by atoms with Gasteiger partial charge in [0.25, 0.3) is 5.56 Å². The minimum Gasteiger partial charge on any atom is -0.307 e. The summed E-state index contributed by atoms with van der Waals surface area (Å²) in [5.74, 6) is 0.256. The molecule has 4 rings (SSSR count). The largest absolute Gasteiger partial charge is 0.329 e. The van der Waals surface area contributed by atoms with Crippen LogP contribution in [0.1, 0.15) is 23.9 Å². The number of para-hydroxylation sites is 1. The second-order valence-corrected chi connectivity index (χ2v) is 5.47. The molecule has 0 bridgehead atoms. The third-order valence-corrected chi connectivity index (χ3v) is 4.15. The number of benzene rings is 2. The fourth-order valence-corrected chi connectivity index (χ4v) is 3.00. The number of aromatic nitrogens is 2. The molecule has 1 N–H and O–H groups in total. The summed E-state index contributed by atoms with van der Waals surface area (Å²) in [5, 5.41) is 0.566. The Balaban J connectivity index is 1.83. The lowest BCUT2D eigenvalue weighted by atomic mass is 10.1. The molecule has 0 amide bonds. The van der Waals surface area contributed by atoms with Crippen LogP contribution in [-0.4, -0.2) is 9.55 Å². The maximum atomic E-state index is 12.6. The number of hydrogen-bond acceptors (Lipinski definition) is 2. The van der Waals surface area contributed by atoms with Crippen molar-refractivity contribution in [3.05, 3.63) is 81.0 Å². The first kappa shape index (κ1) is 12.1. The third kappa shape index (κ3) is 1.91. The Labute approximate surface area is 120 Å². The molecule has 1 heterocycles. The van der Waals surface area contributed by atoms with Crippen LogP contribution < -0.4 is 11.2 Å². The van der Waals surface area contributed by atoms with Gasteiger partial charge in [0.15, 0.2) is 0 Å². The number of rotatable bonds is 2. The van der Waals surface area contributed by atoms with Gasteiger partial charge in [0.05, 0.1) is 10.9 Å². The number of hydrogen-bond donors (Lipinski definition) is 1. The molecule has 0 unspecified atom stereocenters. The van der Waals surface area contributed by atoms with Gasteiger partial charge in [-0.2, -0.15) is 0 Å². The maximum Gasteiger partial charge on any atom is 0.329 e. The zero-order valence-electron chi connectivity index (χ0n) is 11.3. The summed E-state index contributed by atoms with van der Waals surface area (Å²) in [4.78, 5) is 27.6. The highest BCUT2D eigenvalue weighted by Gasteiger charge is 2.41. The van der Waals surface area contributed by atoms with E-state index in [1.165, 1.54) is 10.1 Å². The van der Waals surface area contributed by atoms with Gasteiger partial charge >= 0.3 is 5.69 Å². The molecule has 4 nitrogen and oxygen atoms in total. The van der Waals surface area contributed by atoms with Crippen LogP contribution in [0.5, 0.6) is 0 Å². The molecule has 0 aliphatic heterocycles. The molecule has 1 aliphatic carbocycles. The quantitative estimate of drug-likeness (QED) is 0.782. The van der Waals surface area contributed by atoms with E-state index in [0.717, 1.165) is 6.42 Å². The van der Waals surface area contributed by atoms with E-state index in [1.54, 1.807) is 12.1 Å². The molecule has 104 valence electrons. The fraction of sp³-hybridized carbons (Fsp3) is 0.176. The SMILES string of the molecule is O=c1[nH]c2ccccc2c(=O)n1[C@H]1C[C@@H]1c1ccccc1. The average molecular weight is 278 g/mol. The standard InChI is InChI=1S/C17H14N2O2/c20-16-12-8-4-5-9-14(12)18-17(21)19(16)15-10-13(15)11-6-2-1-3-7-11/h1-9,13,15H,10H2,(H,18,21)/t13-,15+/m1/s1. The molecule has 1 aliphatic rings. The normalized spacial score (nSPS) is 20.6. The highest BCUT2D eigenvalue weighted by Crippen LogP contribution is 2.49. The predicted octanol–water partition coefficient (Wildman–Crippen LogP) is 2.42. The molecule has 0 radical (unpaired) electrons. The van der Waals surface area contributed by atoms with Crippen LogP contribution in [0.15, 0.2) is 64.2 Å². The monoisotopic (exact) mass is 278 g/mol. The molecule has 2 atom stereocenters. The lowest BCUT2D eigenvalue weighted by Gasteiger charge is -2.06. The van der Waals surface area contributed by atoms with E-state index < -0.39 is 0 Å². The van der Waals surface area contributed by atoms with Crippen molar-refractivity contribution >= 4 is 10.9 Å². The first-order valence-electron chi connectivity index (χ1n) is 7.04. The first-order chi connectivity index (χ1) is 10.3. The van der Waals surface area contributed by atoms with Gasteiger partial charge in [-0.25, -0.2) is 4.79 Å². The van der Waals surface area contributed by atoms with E-state index in [-0.39, 0.29) is 23.2 Å². The highest BCUT2D eigenvalue weighted by atomic mass is 16.2. The van der Waals surface area contributed by atoms with E-state index in [1.807, 2.05) is 42.5 Å². The number of H-pyrrole nitrogens is 1. The summed E-state index contributed by atoms with van der Waals surface area (Å²) in [6.45, 7) is 0. The van der Waals surface area contributed by atoms with Gasteiger partial charge in [0, 0.05) is 12.0 Å². The van der Waals surface area contributed by atoms with Crippen LogP contribution >= 0.6 is 0 Å². The maximum absolute atomic E-state index is 12.6. The van der Waals surface area contributed by atoms with Gasteiger partial charge in [-0.05, 0) is 24.1 Å². The van der Waals surface area contributed by atoms with Crippen molar-refractivity contribution in [2.24, 2.45) is 0 Å². The van der Waals surface area contributed by atoms with E-state index in [4.69, 9.17) is 0 Å². The smallest absolute Gasteiger partial charge is 0.307 e. The summed E-state index contributed by atoms with van der Waals surface area (Å²) in [7, 11) is 0. The highest BCUT2D eigenvalue weighted by molar-refractivity contribution is 5.76. The van der Waals surface area contributed by atoms with E-state index in [0.29, 0.717) is 10.9 Å². The number of aromatic amines is 1. The molecule has 21 heavy (non-hydrogen) atoms. The molecule has 0 saturated heterocycles. The van der Waals surface area contributed by atoms with Crippen molar-refractivity contribution in [2.75, 3.05) is 0 Å². The van der Waals surface area contributed by atoms with E-state index in [2.05, 4.69) is 4.98 Å². The number of nitrogens with zero attached hydrogens (tertiary/aromatic N) is 1. The van der Waals surface area contributed by atoms with E-state index in [9.17, 15) is 9.59 Å². The van der Waals surface area contributed by atoms with Gasteiger partial charge < -0.3 is 4.98 Å². The van der Waals surface area contributed by atoms with E-state index >= 15 is 0 Å². The topological polar surface area (TPSA) is 54.9 Å². The summed E-state index contributed by atoms with van der Waals surface area (Å²) in [6, 6.07) is 17.1. The van der Waals surface area contributed by atoms with Crippen molar-refractivity contribution in [3.8, 4) is 0 Å². The lowest BCUT2D eigenvalue weighted by Crippen LogP contribution is -2.34. The lowest BCUT2D eigenvalue weighted by molar-refractivity contribution is 0.648. The number of nitrogens with one attached hydrogen (secondary N) is 1. The Kier molecular flexibility index (Phi) is 2.57. The Morgan fingerprint density at radius 2 is 1.67 bits per heavy atom. The summed E-state index contributed by atoms with van der Waals surface area (Å²) >= 11 is 0. The van der Waals surface area contributed by atoms with Crippen LogP contribution in [0.2, 0.25) is 0 Å². The summed E-state index contributed by atoms with van der Waals surface area (Å²) < 4.78 is 1.38. The first-order valence-corrected chi connectivity index (χ1v) is 7.04. The van der Waals surface area contributed by atoms with Crippen LogP contribution in [0, 0.1) is 0 Å². The zero-order valence-corrected chi connectivity index (χ0v) is 11.3. The molecule has 0 spiro atoms. The Morgan fingerprint density at radius 1 is 0.952 bits per heavy atom. The van der Waals surface area contributed by atoms with Crippen LogP contribution in [0.25, 0.3) is 10.9 Å². The van der Waals surface area contributed by atoms with Crippen molar-refractivity contribution < 1.29 is 0 Å². The van der Waals surface area contributed by atoms with Crippen LogP contribution in [0.3, 0.4) is 0 Å². The second-order valence-electron chi connectivity index (χ2n) is 5.47. The van der Waals surface area contributed by atoms with Crippen LogP contribution in [0.4, 0.5) is 0 Å². The Hall–Kier alpha value is -2.62. The predicted molar refractivity (Wildman–Crippen MR) is 81.7 cm³/mol. The van der Waals surface area contributed by atoms with Gasteiger partial charge in [-0.1, -0.05) is 42.5 Å².